The van der Waals surface area contributed by atoms with Gasteiger partial charge in [0.2, 0.25) is 0 Å². The van der Waals surface area contributed by atoms with E-state index in [1.54, 1.807) is 24.4 Å². The fraction of sp³-hybridized carbons (Fsp3) is 0.250. The molecule has 0 radical (unpaired) electrons. The van der Waals surface area contributed by atoms with Crippen LogP contribution in [0.2, 0.25) is 0 Å². The molecule has 0 spiro atoms. The molecule has 7 nitrogen and oxygen atoms in total. The van der Waals surface area contributed by atoms with Crippen LogP contribution in [0, 0.1) is 0 Å². The Kier molecular flexibility index (Phi) is 3.11. The monoisotopic (exact) mass is 294 g/mol. The van der Waals surface area contributed by atoms with Crippen LogP contribution in [0.5, 0.6) is 5.75 Å². The number of hydrogen-bond acceptors (Lipinski definition) is 4. The van der Waals surface area contributed by atoms with Crippen molar-refractivity contribution in [1.29, 1.82) is 0 Å². The summed E-state index contributed by atoms with van der Waals surface area (Å²) in [5.74, 6) is -0.0470. The van der Waals surface area contributed by atoms with Crippen LogP contribution in [0.25, 0.3) is 0 Å². The number of phenols is 1. The lowest BCUT2D eigenvalue weighted by Crippen LogP contribution is -2.29. The Hall–Kier alpha value is -2.06. The molecule has 1 aliphatic heterocycles. The highest BCUT2D eigenvalue weighted by Gasteiger charge is 2.29. The molecule has 1 aromatic carbocycles. The second-order valence-electron chi connectivity index (χ2n) is 4.55. The van der Waals surface area contributed by atoms with Gasteiger partial charge in [-0.25, -0.2) is 0 Å². The van der Waals surface area contributed by atoms with E-state index in [0.29, 0.717) is 25.2 Å². The summed E-state index contributed by atoms with van der Waals surface area (Å²) in [5.41, 5.74) is 2.09. The lowest BCUT2D eigenvalue weighted by atomic mass is 10.1. The fourth-order valence-electron chi connectivity index (χ4n) is 2.22. The van der Waals surface area contributed by atoms with Gasteiger partial charge in [-0.15, -0.1) is 0 Å². The number of phenolic OH excluding ortho intramolecular Hbond substituents is 1. The van der Waals surface area contributed by atoms with Crippen LogP contribution in [0.3, 0.4) is 0 Å². The number of nitrogens with one attached hydrogen (secondary N) is 2. The van der Waals surface area contributed by atoms with Crippen LogP contribution >= 0.6 is 0 Å². The van der Waals surface area contributed by atoms with E-state index in [4.69, 9.17) is 0 Å². The van der Waals surface area contributed by atoms with Gasteiger partial charge in [-0.1, -0.05) is 6.07 Å². The van der Waals surface area contributed by atoms with E-state index in [0.717, 1.165) is 11.3 Å². The van der Waals surface area contributed by atoms with Crippen LogP contribution in [0.4, 0.5) is 5.69 Å². The predicted molar refractivity (Wildman–Crippen MR) is 73.8 cm³/mol. The molecular formula is C12H14N4O3S. The van der Waals surface area contributed by atoms with Gasteiger partial charge in [0, 0.05) is 31.4 Å². The third-order valence-corrected chi connectivity index (χ3v) is 4.68. The SMILES string of the molecule is O=S1(=O)NCCN1c1ccc(Cc2ccn[nH]2)cc1O. The topological polar surface area (TPSA) is 98.3 Å². The number of anilines is 1. The first-order valence-electron chi connectivity index (χ1n) is 6.14. The molecule has 1 saturated heterocycles. The summed E-state index contributed by atoms with van der Waals surface area (Å²) in [6, 6.07) is 6.83. The van der Waals surface area contributed by atoms with Crippen LogP contribution in [0.15, 0.2) is 30.5 Å². The molecule has 2 heterocycles. The number of hydrogen-bond donors (Lipinski definition) is 3. The van der Waals surface area contributed by atoms with E-state index in [1.807, 2.05) is 6.07 Å². The number of H-pyrrole nitrogens is 1. The normalized spacial score (nSPS) is 17.5. The minimum absolute atomic E-state index is 0.0470. The molecule has 0 atom stereocenters. The molecule has 20 heavy (non-hydrogen) atoms. The molecule has 8 heteroatoms. The molecular weight excluding hydrogens is 280 g/mol. The maximum Gasteiger partial charge on any atom is 0.301 e. The van der Waals surface area contributed by atoms with E-state index in [2.05, 4.69) is 14.9 Å². The van der Waals surface area contributed by atoms with Crippen molar-refractivity contribution in [2.45, 2.75) is 6.42 Å². The van der Waals surface area contributed by atoms with Gasteiger partial charge in [0.15, 0.2) is 0 Å². The Morgan fingerprint density at radius 1 is 1.35 bits per heavy atom. The highest BCUT2D eigenvalue weighted by Crippen LogP contribution is 2.31. The van der Waals surface area contributed by atoms with E-state index < -0.39 is 10.2 Å². The minimum Gasteiger partial charge on any atom is -0.506 e. The standard InChI is InChI=1S/C12H14N4O3S/c17-12-8-9(7-10-3-4-13-15-10)1-2-11(12)16-6-5-14-20(16,18)19/h1-4,8,14,17H,5-7H2,(H,13,15). The Morgan fingerprint density at radius 3 is 2.80 bits per heavy atom. The van der Waals surface area contributed by atoms with Crippen molar-refractivity contribution in [2.75, 3.05) is 17.4 Å². The molecule has 3 N–H and O–H groups in total. The summed E-state index contributed by atoms with van der Waals surface area (Å²) in [4.78, 5) is 0. The second-order valence-corrected chi connectivity index (χ2v) is 6.23. The summed E-state index contributed by atoms with van der Waals surface area (Å²) < 4.78 is 27.1. The van der Waals surface area contributed by atoms with Crippen molar-refractivity contribution in [3.8, 4) is 5.75 Å². The van der Waals surface area contributed by atoms with Gasteiger partial charge >= 0.3 is 10.2 Å². The molecule has 0 aliphatic carbocycles. The molecule has 0 unspecified atom stereocenters. The molecule has 0 amide bonds. The van der Waals surface area contributed by atoms with Crippen molar-refractivity contribution in [3.63, 3.8) is 0 Å². The maximum atomic E-state index is 11.7. The molecule has 0 saturated carbocycles. The third kappa shape index (κ3) is 2.35. The summed E-state index contributed by atoms with van der Waals surface area (Å²) in [7, 11) is -3.52. The Bertz CT molecular complexity index is 712. The first kappa shape index (κ1) is 12.9. The summed E-state index contributed by atoms with van der Waals surface area (Å²) in [6.07, 6.45) is 2.25. The molecule has 2 aromatic rings. The molecule has 0 bridgehead atoms. The zero-order valence-electron chi connectivity index (χ0n) is 10.6. The van der Waals surface area contributed by atoms with Crippen molar-refractivity contribution < 1.29 is 13.5 Å². The largest absolute Gasteiger partial charge is 0.506 e. The van der Waals surface area contributed by atoms with Crippen LogP contribution in [-0.2, 0) is 16.6 Å². The number of nitrogens with zero attached hydrogens (tertiary/aromatic N) is 2. The average Bonchev–Trinajstić information content (AvgIpc) is 2.99. The summed E-state index contributed by atoms with van der Waals surface area (Å²) in [5, 5.41) is 16.7. The average molecular weight is 294 g/mol. The number of aromatic hydroxyl groups is 1. The Labute approximate surface area is 116 Å². The quantitative estimate of drug-likeness (QED) is 0.761. The molecule has 3 rings (SSSR count). The lowest BCUT2D eigenvalue weighted by Gasteiger charge is -2.17. The van der Waals surface area contributed by atoms with E-state index in [-0.39, 0.29) is 5.75 Å². The molecule has 1 fully saturated rings. The number of aromatic amines is 1. The van der Waals surface area contributed by atoms with Crippen molar-refractivity contribution in [2.24, 2.45) is 0 Å². The van der Waals surface area contributed by atoms with Gasteiger partial charge in [0.25, 0.3) is 0 Å². The highest BCUT2D eigenvalue weighted by atomic mass is 32.2. The zero-order chi connectivity index (χ0) is 14.2. The number of aromatic nitrogens is 2. The van der Waals surface area contributed by atoms with Crippen LogP contribution in [-0.4, -0.2) is 36.8 Å². The third-order valence-electron chi connectivity index (χ3n) is 3.15. The van der Waals surface area contributed by atoms with Gasteiger partial charge in [-0.05, 0) is 23.8 Å². The molecule has 106 valence electrons. The van der Waals surface area contributed by atoms with Gasteiger partial charge in [-0.2, -0.15) is 18.2 Å². The minimum atomic E-state index is -3.52. The zero-order valence-corrected chi connectivity index (χ0v) is 11.4. The van der Waals surface area contributed by atoms with Crippen molar-refractivity contribution >= 4 is 15.9 Å². The summed E-state index contributed by atoms with van der Waals surface area (Å²) in [6.45, 7) is 0.660. The number of benzene rings is 1. The molecule has 1 aromatic heterocycles. The fourth-order valence-corrected chi connectivity index (χ4v) is 3.47. The second kappa shape index (κ2) is 4.80. The van der Waals surface area contributed by atoms with E-state index in [1.165, 1.54) is 4.31 Å². The van der Waals surface area contributed by atoms with Crippen LogP contribution < -0.4 is 9.03 Å². The lowest BCUT2D eigenvalue weighted by molar-refractivity contribution is 0.475. The van der Waals surface area contributed by atoms with Gasteiger partial charge < -0.3 is 5.11 Å². The smallest absolute Gasteiger partial charge is 0.301 e. The van der Waals surface area contributed by atoms with Crippen molar-refractivity contribution in [1.82, 2.24) is 14.9 Å². The van der Waals surface area contributed by atoms with E-state index in [9.17, 15) is 13.5 Å². The van der Waals surface area contributed by atoms with Crippen LogP contribution in [0.1, 0.15) is 11.3 Å². The Morgan fingerprint density at radius 2 is 2.20 bits per heavy atom. The van der Waals surface area contributed by atoms with Gasteiger partial charge in [0.1, 0.15) is 5.75 Å². The maximum absolute atomic E-state index is 11.7. The van der Waals surface area contributed by atoms with Gasteiger partial charge in [0.05, 0.1) is 5.69 Å². The summed E-state index contributed by atoms with van der Waals surface area (Å²) >= 11 is 0. The van der Waals surface area contributed by atoms with Crippen molar-refractivity contribution in [3.05, 3.63) is 41.7 Å². The first-order valence-corrected chi connectivity index (χ1v) is 7.58. The molecule has 1 aliphatic rings. The number of rotatable bonds is 3. The van der Waals surface area contributed by atoms with E-state index >= 15 is 0 Å². The Balaban J connectivity index is 1.88. The highest BCUT2D eigenvalue weighted by molar-refractivity contribution is 7.91. The van der Waals surface area contributed by atoms with Gasteiger partial charge in [-0.3, -0.25) is 9.40 Å². The first-order chi connectivity index (χ1) is 9.56. The predicted octanol–water partition coefficient (Wildman–Crippen LogP) is 0.360.